The van der Waals surface area contributed by atoms with Crippen molar-refractivity contribution >= 4 is 0 Å². The van der Waals surface area contributed by atoms with E-state index in [4.69, 9.17) is 0 Å². The van der Waals surface area contributed by atoms with E-state index in [2.05, 4.69) is 139 Å². The molecule has 0 atom stereocenters. The zero-order chi connectivity index (χ0) is 29.8. The molecule has 0 heteroatoms. The van der Waals surface area contributed by atoms with Gasteiger partial charge in [0.25, 0.3) is 0 Å². The van der Waals surface area contributed by atoms with Crippen LogP contribution in [0.15, 0.2) is 97.1 Å². The fraction of sp³-hybridized carbons (Fsp3) is 0.450. The van der Waals surface area contributed by atoms with Gasteiger partial charge in [-0.2, -0.15) is 0 Å². The van der Waals surface area contributed by atoms with Crippen molar-refractivity contribution < 1.29 is 0 Å². The summed E-state index contributed by atoms with van der Waals surface area (Å²) >= 11 is 0. The second-order valence-electron chi connectivity index (χ2n) is 12.5. The monoisotopic (exact) mass is 536 g/mol. The van der Waals surface area contributed by atoms with Gasteiger partial charge in [-0.25, -0.2) is 0 Å². The molecule has 216 valence electrons. The second-order valence-corrected chi connectivity index (χ2v) is 12.5. The molecule has 0 N–H and O–H groups in total. The number of allylic oxidation sites excluding steroid dienone is 4. The molecule has 0 fully saturated rings. The van der Waals surface area contributed by atoms with Gasteiger partial charge >= 0.3 is 0 Å². The lowest BCUT2D eigenvalue weighted by Crippen LogP contribution is -2.26. The first-order valence-electron chi connectivity index (χ1n) is 15.7. The summed E-state index contributed by atoms with van der Waals surface area (Å²) < 4.78 is 0. The smallest absolute Gasteiger partial charge is 0.0152 e. The molecule has 3 aliphatic carbocycles. The maximum atomic E-state index is 2.35. The molecular weight excluding hydrogens is 480 g/mol. The fourth-order valence-corrected chi connectivity index (χ4v) is 6.01. The summed E-state index contributed by atoms with van der Waals surface area (Å²) in [5.74, 6) is 0. The minimum Gasteiger partial charge on any atom is -0.0837 e. The summed E-state index contributed by atoms with van der Waals surface area (Å²) in [5.41, 5.74) is 10.0. The highest BCUT2D eigenvalue weighted by atomic mass is 14.3. The third kappa shape index (κ3) is 8.57. The van der Waals surface area contributed by atoms with Crippen LogP contribution < -0.4 is 0 Å². The fourth-order valence-electron chi connectivity index (χ4n) is 6.01. The van der Waals surface area contributed by atoms with Gasteiger partial charge in [-0.1, -0.05) is 166 Å². The summed E-state index contributed by atoms with van der Waals surface area (Å²) in [7, 11) is 0. The van der Waals surface area contributed by atoms with Crippen LogP contribution in [0.25, 0.3) is 0 Å². The molecule has 0 nitrogen and oxygen atoms in total. The van der Waals surface area contributed by atoms with Gasteiger partial charge in [-0.3, -0.25) is 0 Å². The Bertz CT molecular complexity index is 1180. The highest BCUT2D eigenvalue weighted by Gasteiger charge is 2.31. The van der Waals surface area contributed by atoms with Crippen molar-refractivity contribution in [3.05, 3.63) is 130 Å². The molecule has 0 spiro atoms. The van der Waals surface area contributed by atoms with Crippen LogP contribution in [0.2, 0.25) is 0 Å². The maximum Gasteiger partial charge on any atom is 0.0152 e. The minimum absolute atomic E-state index is 0.144. The third-order valence-corrected chi connectivity index (χ3v) is 8.20. The van der Waals surface area contributed by atoms with Gasteiger partial charge < -0.3 is 0 Å². The van der Waals surface area contributed by atoms with E-state index in [0.29, 0.717) is 10.8 Å². The van der Waals surface area contributed by atoms with Crippen LogP contribution in [0.4, 0.5) is 0 Å². The number of benzene rings is 3. The number of hydrogen-bond acceptors (Lipinski definition) is 0. The molecule has 0 aromatic heterocycles. The van der Waals surface area contributed by atoms with E-state index < -0.39 is 0 Å². The van der Waals surface area contributed by atoms with Crippen molar-refractivity contribution in [2.45, 2.75) is 112 Å². The second kappa shape index (κ2) is 15.2. The highest BCUT2D eigenvalue weighted by Crippen LogP contribution is 2.40. The number of aryl methyl sites for hydroxylation is 1. The number of fused-ring (bicyclic) bond motifs is 3. The lowest BCUT2D eigenvalue weighted by molar-refractivity contribution is 0.432. The molecule has 40 heavy (non-hydrogen) atoms. The molecule has 0 unspecified atom stereocenters. The first-order chi connectivity index (χ1) is 19.1. The van der Waals surface area contributed by atoms with Crippen LogP contribution in [0, 0.1) is 5.41 Å². The van der Waals surface area contributed by atoms with Crippen molar-refractivity contribution in [2.75, 3.05) is 0 Å². The van der Waals surface area contributed by atoms with Crippen LogP contribution in [-0.4, -0.2) is 0 Å². The largest absolute Gasteiger partial charge is 0.0837 e. The lowest BCUT2D eigenvalue weighted by atomic mass is 9.69. The Hall–Kier alpha value is -2.86. The molecule has 0 amide bonds. The minimum atomic E-state index is 0.144. The Morgan fingerprint density at radius 3 is 1.45 bits per heavy atom. The van der Waals surface area contributed by atoms with Crippen molar-refractivity contribution in [1.29, 1.82) is 0 Å². The molecule has 3 aromatic carbocycles. The third-order valence-electron chi connectivity index (χ3n) is 8.20. The summed E-state index contributed by atoms with van der Waals surface area (Å²) in [5, 5.41) is 0. The quantitative estimate of drug-likeness (QED) is 0.268. The Labute approximate surface area is 247 Å². The van der Waals surface area contributed by atoms with Crippen molar-refractivity contribution in [2.24, 2.45) is 5.41 Å². The molecule has 0 radical (unpaired) electrons. The van der Waals surface area contributed by atoms with Crippen LogP contribution in [0.3, 0.4) is 0 Å². The maximum absolute atomic E-state index is 2.35. The van der Waals surface area contributed by atoms with Crippen LogP contribution in [0.5, 0.6) is 0 Å². The van der Waals surface area contributed by atoms with Crippen molar-refractivity contribution in [3.63, 3.8) is 0 Å². The molecule has 0 saturated heterocycles. The first-order valence-corrected chi connectivity index (χ1v) is 15.7. The Morgan fingerprint density at radius 2 is 1.02 bits per heavy atom. The van der Waals surface area contributed by atoms with E-state index in [-0.39, 0.29) is 5.41 Å². The average molecular weight is 537 g/mol. The molecule has 0 aliphatic heterocycles. The van der Waals surface area contributed by atoms with E-state index in [0.717, 1.165) is 6.42 Å². The van der Waals surface area contributed by atoms with Gasteiger partial charge in [0, 0.05) is 5.41 Å². The molecule has 0 heterocycles. The zero-order valence-electron chi connectivity index (χ0n) is 27.3. The van der Waals surface area contributed by atoms with Crippen molar-refractivity contribution in [1.82, 2.24) is 0 Å². The predicted octanol–water partition coefficient (Wildman–Crippen LogP) is 11.8. The van der Waals surface area contributed by atoms with Crippen LogP contribution in [0.1, 0.15) is 122 Å². The highest BCUT2D eigenvalue weighted by molar-refractivity contribution is 5.52. The Balaban J connectivity index is 0.000000207. The van der Waals surface area contributed by atoms with Crippen LogP contribution in [-0.2, 0) is 23.7 Å². The summed E-state index contributed by atoms with van der Waals surface area (Å²) in [6.45, 7) is 21.8. The summed E-state index contributed by atoms with van der Waals surface area (Å²) in [6, 6.07) is 26.5. The lowest BCUT2D eigenvalue weighted by Gasteiger charge is -2.35. The van der Waals surface area contributed by atoms with Gasteiger partial charge in [0.2, 0.25) is 0 Å². The average Bonchev–Trinajstić information content (AvgIpc) is 2.96. The predicted molar refractivity (Wildman–Crippen MR) is 180 cm³/mol. The molecule has 6 rings (SSSR count). The van der Waals surface area contributed by atoms with Gasteiger partial charge in [0.05, 0.1) is 0 Å². The van der Waals surface area contributed by atoms with Gasteiger partial charge in [0.15, 0.2) is 0 Å². The molecule has 0 saturated carbocycles. The number of rotatable bonds is 0. The van der Waals surface area contributed by atoms with Gasteiger partial charge in [-0.05, 0) is 76.3 Å². The normalized spacial score (nSPS) is 17.6. The Kier molecular flexibility index (Phi) is 12.7. The van der Waals surface area contributed by atoms with E-state index in [9.17, 15) is 0 Å². The van der Waals surface area contributed by atoms with Crippen LogP contribution >= 0.6 is 0 Å². The van der Waals surface area contributed by atoms with Gasteiger partial charge in [-0.15, -0.1) is 0 Å². The summed E-state index contributed by atoms with van der Waals surface area (Å²) in [6.07, 6.45) is 14.9. The summed E-state index contributed by atoms with van der Waals surface area (Å²) in [4.78, 5) is 0. The van der Waals surface area contributed by atoms with E-state index in [1.54, 1.807) is 11.1 Å². The zero-order valence-corrected chi connectivity index (χ0v) is 27.3. The Morgan fingerprint density at radius 1 is 0.550 bits per heavy atom. The molecule has 3 aromatic rings. The number of hydrogen-bond donors (Lipinski definition) is 0. The van der Waals surface area contributed by atoms with Crippen molar-refractivity contribution in [3.8, 4) is 0 Å². The first kappa shape index (κ1) is 33.3. The van der Waals surface area contributed by atoms with Gasteiger partial charge in [0.1, 0.15) is 0 Å². The molecule has 3 aliphatic rings. The van der Waals surface area contributed by atoms with E-state index in [1.165, 1.54) is 47.9 Å². The molecule has 0 bridgehead atoms. The SMILES string of the molecule is CC.CC.CC1(C)C=CC=CC1.CC1(C)CCCc2ccccc21.CC1(C)c2ccccc2Cc2ccccc21. The van der Waals surface area contributed by atoms with E-state index >= 15 is 0 Å². The van der Waals surface area contributed by atoms with E-state index in [1.807, 2.05) is 27.7 Å². The molecular formula is C40H56. The standard InChI is InChI=1S/C16H16.C12H16.C8H12.2C2H6/c1-16(2)14-9-5-3-7-12(14)11-13-8-4-6-10-15(13)16;1-12(2)9-5-7-10-6-3-4-8-11(10)12;1-8(2)6-4-3-5-7-8;2*1-2/h3-10H,11H2,1-2H3;3-4,6,8H,5,7,9H2,1-2H3;3-6H,7H2,1-2H3;2*1-2H3. The topological polar surface area (TPSA) is 0 Å².